The molecule has 2 aliphatic heterocycles. The summed E-state index contributed by atoms with van der Waals surface area (Å²) in [6, 6.07) is 21.0. The number of halogens is 1. The first-order chi connectivity index (χ1) is 16.5. The largest absolute Gasteiger partial charge is 0.490 e. The van der Waals surface area contributed by atoms with Crippen LogP contribution in [0.4, 0.5) is 20.6 Å². The van der Waals surface area contributed by atoms with Crippen LogP contribution in [0.5, 0.6) is 5.75 Å². The minimum atomic E-state index is -0.358. The van der Waals surface area contributed by atoms with E-state index in [2.05, 4.69) is 10.6 Å². The van der Waals surface area contributed by atoms with Crippen LogP contribution in [0.1, 0.15) is 0 Å². The molecule has 5 rings (SSSR count). The van der Waals surface area contributed by atoms with E-state index in [0.717, 1.165) is 11.1 Å². The first-order valence-corrected chi connectivity index (χ1v) is 11.2. The molecular weight excluding hydrogens is 435 g/mol. The minimum Gasteiger partial charge on any atom is -0.490 e. The molecular formula is C26H25FN4O3. The summed E-state index contributed by atoms with van der Waals surface area (Å²) >= 11 is 0. The number of rotatable bonds is 2. The van der Waals surface area contributed by atoms with E-state index in [4.69, 9.17) is 4.74 Å². The number of piperazine rings is 1. The second-order valence-corrected chi connectivity index (χ2v) is 8.44. The SMILES string of the molecule is O=C1CN2CCN(C(=O)Nc3ccc(F)cc3)C[C@H]2COc2ccc(-c3ccccc3)cc2N1. The van der Waals surface area contributed by atoms with Gasteiger partial charge < -0.3 is 20.3 Å². The summed E-state index contributed by atoms with van der Waals surface area (Å²) in [4.78, 5) is 29.3. The third kappa shape index (κ3) is 4.87. The van der Waals surface area contributed by atoms with Gasteiger partial charge in [0.15, 0.2) is 0 Å². The van der Waals surface area contributed by atoms with Crippen molar-refractivity contribution in [1.29, 1.82) is 0 Å². The number of hydrogen-bond donors (Lipinski definition) is 2. The van der Waals surface area contributed by atoms with Crippen molar-refractivity contribution in [3.63, 3.8) is 0 Å². The van der Waals surface area contributed by atoms with Crippen molar-refractivity contribution in [1.82, 2.24) is 9.80 Å². The molecule has 7 nitrogen and oxygen atoms in total. The maximum absolute atomic E-state index is 13.1. The summed E-state index contributed by atoms with van der Waals surface area (Å²) in [5.74, 6) is 0.123. The Morgan fingerprint density at radius 3 is 2.59 bits per heavy atom. The third-order valence-corrected chi connectivity index (χ3v) is 6.13. The molecule has 3 aromatic carbocycles. The average molecular weight is 461 g/mol. The number of anilines is 2. The fourth-order valence-corrected chi connectivity index (χ4v) is 4.30. The molecule has 0 spiro atoms. The van der Waals surface area contributed by atoms with Gasteiger partial charge in [0.2, 0.25) is 5.91 Å². The zero-order chi connectivity index (χ0) is 23.5. The number of urea groups is 1. The van der Waals surface area contributed by atoms with Gasteiger partial charge in [-0.1, -0.05) is 36.4 Å². The molecule has 0 aliphatic carbocycles. The number of carbonyl (C=O) groups is 2. The fraction of sp³-hybridized carbons (Fsp3) is 0.231. The zero-order valence-corrected chi connectivity index (χ0v) is 18.5. The van der Waals surface area contributed by atoms with Gasteiger partial charge >= 0.3 is 6.03 Å². The van der Waals surface area contributed by atoms with Gasteiger partial charge in [0, 0.05) is 25.3 Å². The molecule has 174 valence electrons. The number of amides is 3. The van der Waals surface area contributed by atoms with Crippen LogP contribution >= 0.6 is 0 Å². The van der Waals surface area contributed by atoms with Gasteiger partial charge in [-0.2, -0.15) is 0 Å². The smallest absolute Gasteiger partial charge is 0.321 e. The second-order valence-electron chi connectivity index (χ2n) is 8.44. The molecule has 2 heterocycles. The minimum absolute atomic E-state index is 0.119. The quantitative estimate of drug-likeness (QED) is 0.605. The molecule has 3 amide bonds. The lowest BCUT2D eigenvalue weighted by molar-refractivity contribution is -0.118. The normalized spacial score (nSPS) is 18.3. The Morgan fingerprint density at radius 2 is 1.79 bits per heavy atom. The van der Waals surface area contributed by atoms with Crippen molar-refractivity contribution < 1.29 is 18.7 Å². The maximum atomic E-state index is 13.1. The molecule has 34 heavy (non-hydrogen) atoms. The Bertz CT molecular complexity index is 1190. The number of fused-ring (bicyclic) bond motifs is 2. The van der Waals surface area contributed by atoms with Crippen molar-refractivity contribution in [2.24, 2.45) is 0 Å². The first kappa shape index (κ1) is 21.9. The van der Waals surface area contributed by atoms with Gasteiger partial charge in [-0.15, -0.1) is 0 Å². The van der Waals surface area contributed by atoms with Gasteiger partial charge in [-0.3, -0.25) is 9.69 Å². The van der Waals surface area contributed by atoms with Crippen molar-refractivity contribution in [2.75, 3.05) is 43.4 Å². The van der Waals surface area contributed by atoms with E-state index in [1.807, 2.05) is 53.4 Å². The van der Waals surface area contributed by atoms with Gasteiger partial charge in [0.25, 0.3) is 0 Å². The molecule has 1 atom stereocenters. The molecule has 0 radical (unpaired) electrons. The standard InChI is InChI=1S/C26H25FN4O3/c27-20-7-9-21(10-8-20)28-26(33)31-13-12-30-16-25(32)29-23-14-19(18-4-2-1-3-5-18)6-11-24(23)34-17-22(30)15-31/h1-11,14,22H,12-13,15-17H2,(H,28,33)(H,29,32)/t22-/m0/s1. The van der Waals surface area contributed by atoms with Crippen molar-refractivity contribution >= 4 is 23.3 Å². The van der Waals surface area contributed by atoms with Crippen molar-refractivity contribution in [3.05, 3.63) is 78.6 Å². The van der Waals surface area contributed by atoms with Crippen LogP contribution in [0, 0.1) is 5.82 Å². The van der Waals surface area contributed by atoms with Crippen LogP contribution in [0.15, 0.2) is 72.8 Å². The lowest BCUT2D eigenvalue weighted by atomic mass is 10.0. The molecule has 0 bridgehead atoms. The van der Waals surface area contributed by atoms with Crippen LogP contribution in [-0.4, -0.2) is 60.6 Å². The highest BCUT2D eigenvalue weighted by molar-refractivity contribution is 5.95. The zero-order valence-electron chi connectivity index (χ0n) is 18.5. The predicted octanol–water partition coefficient (Wildman–Crippen LogP) is 4.04. The highest BCUT2D eigenvalue weighted by atomic mass is 19.1. The van der Waals surface area contributed by atoms with E-state index in [1.54, 1.807) is 4.90 Å². The van der Waals surface area contributed by atoms with E-state index in [9.17, 15) is 14.0 Å². The van der Waals surface area contributed by atoms with Crippen molar-refractivity contribution in [2.45, 2.75) is 6.04 Å². The Morgan fingerprint density at radius 1 is 1.00 bits per heavy atom. The highest BCUT2D eigenvalue weighted by Crippen LogP contribution is 2.32. The summed E-state index contributed by atoms with van der Waals surface area (Å²) in [5, 5.41) is 5.79. The lowest BCUT2D eigenvalue weighted by Gasteiger charge is -2.40. The topological polar surface area (TPSA) is 73.9 Å². The van der Waals surface area contributed by atoms with Crippen LogP contribution in [-0.2, 0) is 4.79 Å². The Balaban J connectivity index is 1.30. The summed E-state index contributed by atoms with van der Waals surface area (Å²) in [6.07, 6.45) is 0. The van der Waals surface area contributed by atoms with Gasteiger partial charge in [0.1, 0.15) is 18.2 Å². The molecule has 2 aliphatic rings. The number of nitrogens with zero attached hydrogens (tertiary/aromatic N) is 2. The molecule has 0 unspecified atom stereocenters. The van der Waals surface area contributed by atoms with Crippen molar-refractivity contribution in [3.8, 4) is 16.9 Å². The van der Waals surface area contributed by atoms with E-state index < -0.39 is 0 Å². The number of benzene rings is 3. The summed E-state index contributed by atoms with van der Waals surface area (Å²) in [6.45, 7) is 1.99. The molecule has 3 aromatic rings. The van der Waals surface area contributed by atoms with Gasteiger partial charge in [-0.05, 0) is 47.5 Å². The number of hydrogen-bond acceptors (Lipinski definition) is 4. The summed E-state index contributed by atoms with van der Waals surface area (Å²) < 4.78 is 19.3. The van der Waals surface area contributed by atoms with Crippen LogP contribution in [0.2, 0.25) is 0 Å². The van der Waals surface area contributed by atoms with E-state index in [1.165, 1.54) is 24.3 Å². The molecule has 8 heteroatoms. The molecule has 1 fully saturated rings. The lowest BCUT2D eigenvalue weighted by Crippen LogP contribution is -2.58. The Labute approximate surface area is 197 Å². The number of carbonyl (C=O) groups excluding carboxylic acids is 2. The van der Waals surface area contributed by atoms with Crippen LogP contribution in [0.25, 0.3) is 11.1 Å². The van der Waals surface area contributed by atoms with E-state index >= 15 is 0 Å². The summed E-state index contributed by atoms with van der Waals surface area (Å²) in [7, 11) is 0. The van der Waals surface area contributed by atoms with Crippen LogP contribution in [0.3, 0.4) is 0 Å². The van der Waals surface area contributed by atoms with Gasteiger partial charge in [0.05, 0.1) is 18.3 Å². The third-order valence-electron chi connectivity index (χ3n) is 6.13. The van der Waals surface area contributed by atoms with Gasteiger partial charge in [-0.25, -0.2) is 9.18 Å². The van der Waals surface area contributed by atoms with E-state index in [-0.39, 0.29) is 30.3 Å². The summed E-state index contributed by atoms with van der Waals surface area (Å²) in [5.41, 5.74) is 3.21. The number of nitrogens with one attached hydrogen (secondary N) is 2. The first-order valence-electron chi connectivity index (χ1n) is 11.2. The molecule has 1 saturated heterocycles. The van der Waals surface area contributed by atoms with E-state index in [0.29, 0.717) is 43.4 Å². The van der Waals surface area contributed by atoms with Crippen LogP contribution < -0.4 is 15.4 Å². The fourth-order valence-electron chi connectivity index (χ4n) is 4.30. The Hall–Kier alpha value is -3.91. The maximum Gasteiger partial charge on any atom is 0.321 e. The predicted molar refractivity (Wildman–Crippen MR) is 128 cm³/mol. The highest BCUT2D eigenvalue weighted by Gasteiger charge is 2.32. The average Bonchev–Trinajstić information content (AvgIpc) is 2.92. The molecule has 0 saturated carbocycles. The molecule has 2 N–H and O–H groups in total. The second kappa shape index (κ2) is 9.52. The molecule has 0 aromatic heterocycles. The Kier molecular flexibility index (Phi) is 6.14. The monoisotopic (exact) mass is 460 g/mol. The number of ether oxygens (including phenoxy) is 1.